The first-order valence-corrected chi connectivity index (χ1v) is 9.53. The van der Waals surface area contributed by atoms with Crippen molar-refractivity contribution in [2.24, 2.45) is 0 Å². The van der Waals surface area contributed by atoms with Crippen LogP contribution in [0.25, 0.3) is 0 Å². The molecule has 2 unspecified atom stereocenters. The molecule has 2 aliphatic heterocycles. The SMILES string of the molecule is CC(=O)NC1C(=O)N2C(C(=O)OCC(Cl)(Cl)Cl)=C(C)/C(=C\OC(C)=O)SC12. The lowest BCUT2D eigenvalue weighted by Crippen LogP contribution is -2.70. The van der Waals surface area contributed by atoms with Crippen LogP contribution in [0.5, 0.6) is 0 Å². The van der Waals surface area contributed by atoms with Crippen LogP contribution < -0.4 is 5.32 Å². The number of carbonyl (C=O) groups is 4. The minimum Gasteiger partial charge on any atom is -0.456 e. The Morgan fingerprint density at radius 1 is 1.30 bits per heavy atom. The van der Waals surface area contributed by atoms with E-state index in [0.717, 1.165) is 11.8 Å². The van der Waals surface area contributed by atoms with Gasteiger partial charge in [-0.25, -0.2) is 4.79 Å². The molecule has 2 atom stereocenters. The number of esters is 2. The van der Waals surface area contributed by atoms with Gasteiger partial charge in [0.25, 0.3) is 5.91 Å². The third kappa shape index (κ3) is 5.10. The van der Waals surface area contributed by atoms with Gasteiger partial charge in [-0.05, 0) is 12.5 Å². The zero-order valence-electron chi connectivity index (χ0n) is 14.4. The van der Waals surface area contributed by atoms with Crippen molar-refractivity contribution in [2.45, 2.75) is 36.0 Å². The van der Waals surface area contributed by atoms with E-state index in [-0.39, 0.29) is 5.70 Å². The van der Waals surface area contributed by atoms with E-state index in [9.17, 15) is 19.2 Å². The molecule has 0 aromatic heterocycles. The molecule has 148 valence electrons. The summed E-state index contributed by atoms with van der Waals surface area (Å²) in [6, 6.07) is -0.836. The fraction of sp³-hybridized carbons (Fsp3) is 0.467. The zero-order chi connectivity index (χ0) is 20.5. The number of rotatable bonds is 4. The van der Waals surface area contributed by atoms with Crippen molar-refractivity contribution >= 4 is 70.3 Å². The summed E-state index contributed by atoms with van der Waals surface area (Å²) in [5.41, 5.74) is 0.277. The Bertz CT molecular complexity index is 761. The van der Waals surface area contributed by atoms with Crippen molar-refractivity contribution in [2.75, 3.05) is 6.61 Å². The number of thioether (sulfide) groups is 1. The molecule has 0 saturated carbocycles. The number of hydrogen-bond acceptors (Lipinski definition) is 7. The quantitative estimate of drug-likeness (QED) is 0.298. The van der Waals surface area contributed by atoms with Crippen molar-refractivity contribution in [1.29, 1.82) is 0 Å². The van der Waals surface area contributed by atoms with Crippen LogP contribution in [-0.4, -0.2) is 50.5 Å². The van der Waals surface area contributed by atoms with Gasteiger partial charge >= 0.3 is 11.9 Å². The van der Waals surface area contributed by atoms with E-state index in [1.807, 2.05) is 0 Å². The minimum absolute atomic E-state index is 0.0713. The molecule has 0 aromatic rings. The van der Waals surface area contributed by atoms with Crippen LogP contribution in [-0.2, 0) is 28.7 Å². The van der Waals surface area contributed by atoms with Crippen LogP contribution in [0.3, 0.4) is 0 Å². The first-order valence-electron chi connectivity index (χ1n) is 7.51. The normalized spacial score (nSPS) is 23.6. The molecule has 8 nitrogen and oxygen atoms in total. The summed E-state index contributed by atoms with van der Waals surface area (Å²) < 4.78 is 8.05. The summed E-state index contributed by atoms with van der Waals surface area (Å²) in [5.74, 6) is -2.31. The maximum absolute atomic E-state index is 12.5. The van der Waals surface area contributed by atoms with E-state index >= 15 is 0 Å². The van der Waals surface area contributed by atoms with Crippen LogP contribution in [0.4, 0.5) is 0 Å². The second kappa shape index (κ2) is 8.30. The molecule has 2 heterocycles. The first kappa shape index (κ1) is 21.9. The van der Waals surface area contributed by atoms with Crippen LogP contribution in [0, 0.1) is 0 Å². The summed E-state index contributed by atoms with van der Waals surface area (Å²) >= 11 is 17.9. The van der Waals surface area contributed by atoms with Crippen molar-refractivity contribution < 1.29 is 28.7 Å². The molecular weight excluding hydrogens is 443 g/mol. The lowest BCUT2D eigenvalue weighted by molar-refractivity contribution is -0.152. The van der Waals surface area contributed by atoms with Crippen LogP contribution in [0.2, 0.25) is 0 Å². The van der Waals surface area contributed by atoms with Gasteiger partial charge in [0.05, 0.1) is 0 Å². The Morgan fingerprint density at radius 3 is 2.44 bits per heavy atom. The van der Waals surface area contributed by atoms with E-state index in [0.29, 0.717) is 10.5 Å². The number of hydrogen-bond donors (Lipinski definition) is 1. The number of halogens is 3. The highest BCUT2D eigenvalue weighted by atomic mass is 35.6. The van der Waals surface area contributed by atoms with Gasteiger partial charge in [0.2, 0.25) is 9.70 Å². The Morgan fingerprint density at radius 2 is 1.93 bits per heavy atom. The van der Waals surface area contributed by atoms with Crippen molar-refractivity contribution in [1.82, 2.24) is 10.2 Å². The molecule has 1 N–H and O–H groups in total. The number of nitrogens with zero attached hydrogens (tertiary/aromatic N) is 1. The first-order chi connectivity index (χ1) is 12.4. The molecule has 0 aromatic carbocycles. The highest BCUT2D eigenvalue weighted by molar-refractivity contribution is 8.04. The molecule has 1 fully saturated rings. The largest absolute Gasteiger partial charge is 0.456 e. The van der Waals surface area contributed by atoms with Crippen molar-refractivity contribution in [3.8, 4) is 0 Å². The van der Waals surface area contributed by atoms with E-state index in [4.69, 9.17) is 44.3 Å². The van der Waals surface area contributed by atoms with Gasteiger partial charge in [0, 0.05) is 18.8 Å². The lowest BCUT2D eigenvalue weighted by atomic mass is 10.0. The van der Waals surface area contributed by atoms with Gasteiger partial charge < -0.3 is 14.8 Å². The molecule has 2 rings (SSSR count). The Balaban J connectivity index is 2.36. The molecular formula is C15H15Cl3N2O6S. The van der Waals surface area contributed by atoms with E-state index < -0.39 is 45.6 Å². The molecule has 0 spiro atoms. The minimum atomic E-state index is -1.82. The summed E-state index contributed by atoms with van der Waals surface area (Å²) in [4.78, 5) is 49.0. The number of nitrogens with one attached hydrogen (secondary N) is 1. The fourth-order valence-electron chi connectivity index (χ4n) is 2.41. The Hall–Kier alpha value is -1.42. The highest BCUT2D eigenvalue weighted by Gasteiger charge is 2.55. The number of alkyl halides is 3. The monoisotopic (exact) mass is 456 g/mol. The summed E-state index contributed by atoms with van der Waals surface area (Å²) in [6.07, 6.45) is 1.18. The standard InChI is InChI=1S/C15H15Cl3N2O6S/c1-6-9(4-25-8(3)22)27-13-10(19-7(2)21)12(23)20(13)11(6)14(24)26-5-15(16,17)18/h4,10,13H,5H2,1-3H3,(H,19,21)/b9-4+. The number of β-lactam (4-membered cyclic amide) rings is 1. The number of fused-ring (bicyclic) bond motifs is 1. The second-order valence-electron chi connectivity index (χ2n) is 5.65. The van der Waals surface area contributed by atoms with Gasteiger partial charge in [-0.2, -0.15) is 0 Å². The predicted octanol–water partition coefficient (Wildman–Crippen LogP) is 2.00. The van der Waals surface area contributed by atoms with E-state index in [2.05, 4.69) is 5.32 Å². The lowest BCUT2D eigenvalue weighted by Gasteiger charge is -2.49. The molecule has 0 bridgehead atoms. The van der Waals surface area contributed by atoms with Gasteiger partial charge in [-0.3, -0.25) is 19.3 Å². The van der Waals surface area contributed by atoms with Crippen molar-refractivity contribution in [3.05, 3.63) is 22.4 Å². The average Bonchev–Trinajstić information content (AvgIpc) is 2.55. The maximum atomic E-state index is 12.5. The average molecular weight is 458 g/mol. The van der Waals surface area contributed by atoms with Crippen molar-refractivity contribution in [3.63, 3.8) is 0 Å². The van der Waals surface area contributed by atoms with Gasteiger partial charge in [-0.1, -0.05) is 46.6 Å². The van der Waals surface area contributed by atoms with Crippen LogP contribution in [0.15, 0.2) is 22.4 Å². The number of ether oxygens (including phenoxy) is 2. The Labute approximate surface area is 174 Å². The smallest absolute Gasteiger partial charge is 0.355 e. The van der Waals surface area contributed by atoms with Gasteiger partial charge in [-0.15, -0.1) is 0 Å². The number of allylic oxidation sites excluding steroid dienone is 1. The molecule has 27 heavy (non-hydrogen) atoms. The maximum Gasteiger partial charge on any atom is 0.355 e. The molecule has 1 saturated heterocycles. The van der Waals surface area contributed by atoms with Gasteiger partial charge in [0.1, 0.15) is 30.0 Å². The Kier molecular flexibility index (Phi) is 6.72. The van der Waals surface area contributed by atoms with Gasteiger partial charge in [0.15, 0.2) is 0 Å². The van der Waals surface area contributed by atoms with Crippen LogP contribution in [0.1, 0.15) is 20.8 Å². The topological polar surface area (TPSA) is 102 Å². The number of amides is 2. The second-order valence-corrected chi connectivity index (χ2v) is 9.33. The fourth-order valence-corrected chi connectivity index (χ4v) is 3.85. The highest BCUT2D eigenvalue weighted by Crippen LogP contribution is 2.46. The molecule has 0 aliphatic carbocycles. The van der Waals surface area contributed by atoms with Crippen LogP contribution >= 0.6 is 46.6 Å². The summed E-state index contributed by atoms with van der Waals surface area (Å²) in [5, 5.41) is 1.91. The van der Waals surface area contributed by atoms with E-state index in [1.54, 1.807) is 6.92 Å². The zero-order valence-corrected chi connectivity index (χ0v) is 17.5. The molecule has 2 amide bonds. The predicted molar refractivity (Wildman–Crippen MR) is 99.6 cm³/mol. The summed E-state index contributed by atoms with van der Waals surface area (Å²) in [6.45, 7) is 3.53. The van der Waals surface area contributed by atoms with E-state index in [1.165, 1.54) is 25.0 Å². The summed E-state index contributed by atoms with van der Waals surface area (Å²) in [7, 11) is 0. The molecule has 2 aliphatic rings. The molecule has 12 heteroatoms. The number of carbonyl (C=O) groups excluding carboxylic acids is 4. The third-order valence-electron chi connectivity index (χ3n) is 3.51. The third-order valence-corrected chi connectivity index (χ3v) is 5.22. The molecule has 0 radical (unpaired) electrons.